The maximum atomic E-state index is 12.2. The third-order valence-corrected chi connectivity index (χ3v) is 5.18. The van der Waals surface area contributed by atoms with Crippen LogP contribution in [-0.2, 0) is 6.61 Å². The van der Waals surface area contributed by atoms with E-state index in [1.165, 1.54) is 10.8 Å². The largest absolute Gasteiger partial charge is 0.497 e. The summed E-state index contributed by atoms with van der Waals surface area (Å²) >= 11 is 0. The minimum atomic E-state index is -1.17. The summed E-state index contributed by atoms with van der Waals surface area (Å²) in [4.78, 5) is 16.5. The summed E-state index contributed by atoms with van der Waals surface area (Å²) in [5.74, 6) is 0.825. The molecule has 0 atom stereocenters. The van der Waals surface area contributed by atoms with Gasteiger partial charge in [0.25, 0.3) is 0 Å². The van der Waals surface area contributed by atoms with Gasteiger partial charge >= 0.3 is 5.97 Å². The van der Waals surface area contributed by atoms with E-state index in [1.54, 1.807) is 49.6 Å². The van der Waals surface area contributed by atoms with Gasteiger partial charge in [0.15, 0.2) is 17.1 Å². The van der Waals surface area contributed by atoms with Crippen LogP contribution in [0.15, 0.2) is 79.1 Å². The van der Waals surface area contributed by atoms with Crippen molar-refractivity contribution in [1.82, 2.24) is 14.6 Å². The summed E-state index contributed by atoms with van der Waals surface area (Å²) in [6.45, 7) is 0.194. The summed E-state index contributed by atoms with van der Waals surface area (Å²) < 4.78 is 18.7. The van der Waals surface area contributed by atoms with Crippen molar-refractivity contribution < 1.29 is 24.1 Å². The third kappa shape index (κ3) is 3.78. The van der Waals surface area contributed by atoms with E-state index < -0.39 is 5.97 Å². The Hall–Kier alpha value is -4.59. The molecule has 5 rings (SSSR count). The van der Waals surface area contributed by atoms with E-state index in [-0.39, 0.29) is 18.1 Å². The van der Waals surface area contributed by atoms with Gasteiger partial charge in [-0.1, -0.05) is 42.5 Å². The lowest BCUT2D eigenvalue weighted by Gasteiger charge is -2.16. The average Bonchev–Trinajstić information content (AvgIpc) is 3.32. The number of aromatic nitrogens is 3. The number of aromatic carboxylic acids is 1. The fourth-order valence-electron chi connectivity index (χ4n) is 3.67. The average molecular weight is 441 g/mol. The van der Waals surface area contributed by atoms with Crippen LogP contribution >= 0.6 is 0 Å². The van der Waals surface area contributed by atoms with Crippen molar-refractivity contribution in [2.45, 2.75) is 6.61 Å². The van der Waals surface area contributed by atoms with E-state index in [2.05, 4.69) is 10.1 Å². The molecule has 8 heteroatoms. The van der Waals surface area contributed by atoms with Crippen LogP contribution in [-0.4, -0.2) is 32.8 Å². The molecule has 0 aliphatic heterocycles. The van der Waals surface area contributed by atoms with Crippen LogP contribution in [0.1, 0.15) is 16.1 Å². The first kappa shape index (κ1) is 20.3. The molecule has 164 valence electrons. The molecule has 0 unspecified atom stereocenters. The molecule has 2 aromatic heterocycles. The van der Waals surface area contributed by atoms with Crippen molar-refractivity contribution in [3.05, 3.63) is 90.4 Å². The number of carbonyl (C=O) groups is 1. The predicted octanol–water partition coefficient (Wildman–Crippen LogP) is 4.96. The highest BCUT2D eigenvalue weighted by atomic mass is 16.5. The highest BCUT2D eigenvalue weighted by Gasteiger charge is 2.25. The number of hydrogen-bond donors (Lipinski definition) is 1. The Morgan fingerprint density at radius 3 is 2.45 bits per heavy atom. The van der Waals surface area contributed by atoms with Gasteiger partial charge in [-0.2, -0.15) is 5.10 Å². The number of rotatable bonds is 7. The first-order chi connectivity index (χ1) is 16.2. The number of carboxylic acid groups (broad SMARTS) is 1. The molecule has 8 nitrogen and oxygen atoms in total. The Balaban J connectivity index is 1.67. The van der Waals surface area contributed by atoms with Crippen LogP contribution in [0, 0.1) is 0 Å². The molecular weight excluding hydrogens is 422 g/mol. The van der Waals surface area contributed by atoms with Crippen molar-refractivity contribution >= 4 is 22.4 Å². The van der Waals surface area contributed by atoms with Crippen LogP contribution in [0.4, 0.5) is 0 Å². The van der Waals surface area contributed by atoms with Gasteiger partial charge in [0.1, 0.15) is 30.2 Å². The Labute approximate surface area is 188 Å². The number of carboxylic acids is 1. The molecule has 0 amide bonds. The summed E-state index contributed by atoms with van der Waals surface area (Å²) in [6.07, 6.45) is 1.31. The van der Waals surface area contributed by atoms with Crippen LogP contribution in [0.3, 0.4) is 0 Å². The summed E-state index contributed by atoms with van der Waals surface area (Å²) in [5, 5.41) is 15.3. The molecule has 0 aliphatic carbocycles. The first-order valence-corrected chi connectivity index (χ1v) is 10.2. The van der Waals surface area contributed by atoms with Gasteiger partial charge < -0.3 is 19.3 Å². The van der Waals surface area contributed by atoms with Crippen molar-refractivity contribution in [2.75, 3.05) is 7.11 Å². The van der Waals surface area contributed by atoms with E-state index in [0.717, 1.165) is 5.56 Å². The van der Waals surface area contributed by atoms with Crippen molar-refractivity contribution in [3.63, 3.8) is 0 Å². The van der Waals surface area contributed by atoms with Crippen molar-refractivity contribution in [3.8, 4) is 23.0 Å². The Kier molecular flexibility index (Phi) is 5.24. The van der Waals surface area contributed by atoms with Gasteiger partial charge in [0, 0.05) is 5.39 Å². The molecule has 0 aliphatic rings. The van der Waals surface area contributed by atoms with Crippen LogP contribution in [0.25, 0.3) is 16.4 Å². The minimum absolute atomic E-state index is 0.104. The molecule has 0 fully saturated rings. The van der Waals surface area contributed by atoms with Gasteiger partial charge in [0.2, 0.25) is 0 Å². The SMILES string of the molecule is COc1ccc(Oc2cccc3c(OCc4ccccc4)c(C(=O)O)n4ncnc4c23)cc1. The number of pyridine rings is 1. The van der Waals surface area contributed by atoms with E-state index in [1.807, 2.05) is 30.3 Å². The zero-order valence-electron chi connectivity index (χ0n) is 17.6. The van der Waals surface area contributed by atoms with Gasteiger partial charge in [-0.3, -0.25) is 0 Å². The second-order valence-electron chi connectivity index (χ2n) is 7.21. The third-order valence-electron chi connectivity index (χ3n) is 5.18. The van der Waals surface area contributed by atoms with Crippen LogP contribution in [0.5, 0.6) is 23.0 Å². The normalized spacial score (nSPS) is 10.9. The Bertz CT molecular complexity index is 1450. The standard InChI is InChI=1S/C25H19N3O5/c1-31-17-10-12-18(13-11-17)33-20-9-5-8-19-21(20)24-26-15-27-28(24)22(25(29)30)23(19)32-14-16-6-3-2-4-7-16/h2-13,15H,14H2,1H3,(H,29,30). The molecule has 3 aromatic carbocycles. The number of ether oxygens (including phenoxy) is 3. The highest BCUT2D eigenvalue weighted by molar-refractivity contribution is 6.07. The second-order valence-corrected chi connectivity index (χ2v) is 7.21. The quantitative estimate of drug-likeness (QED) is 0.381. The predicted molar refractivity (Wildman–Crippen MR) is 121 cm³/mol. The summed E-state index contributed by atoms with van der Waals surface area (Å²) in [6, 6.07) is 22.1. The molecule has 1 N–H and O–H groups in total. The lowest BCUT2D eigenvalue weighted by molar-refractivity contribution is 0.0682. The van der Waals surface area contributed by atoms with E-state index >= 15 is 0 Å². The molecule has 0 radical (unpaired) electrons. The van der Waals surface area contributed by atoms with Crippen molar-refractivity contribution in [2.24, 2.45) is 0 Å². The van der Waals surface area contributed by atoms with Crippen LogP contribution < -0.4 is 14.2 Å². The molecule has 0 bridgehead atoms. The van der Waals surface area contributed by atoms with Crippen LogP contribution in [0.2, 0.25) is 0 Å². The number of hydrogen-bond acceptors (Lipinski definition) is 6. The summed E-state index contributed by atoms with van der Waals surface area (Å²) in [7, 11) is 1.60. The monoisotopic (exact) mass is 441 g/mol. The maximum absolute atomic E-state index is 12.2. The Morgan fingerprint density at radius 1 is 0.970 bits per heavy atom. The van der Waals surface area contributed by atoms with E-state index in [0.29, 0.717) is 33.7 Å². The number of methoxy groups -OCH3 is 1. The number of benzene rings is 3. The zero-order valence-corrected chi connectivity index (χ0v) is 17.6. The second kappa shape index (κ2) is 8.51. The fourth-order valence-corrected chi connectivity index (χ4v) is 3.67. The van der Waals surface area contributed by atoms with E-state index in [9.17, 15) is 9.90 Å². The minimum Gasteiger partial charge on any atom is -0.497 e. The zero-order chi connectivity index (χ0) is 22.8. The molecule has 0 spiro atoms. The molecule has 0 saturated heterocycles. The topological polar surface area (TPSA) is 95.2 Å². The fraction of sp³-hybridized carbons (Fsp3) is 0.0800. The maximum Gasteiger partial charge on any atom is 0.358 e. The summed E-state index contributed by atoms with van der Waals surface area (Å²) in [5.41, 5.74) is 1.16. The lowest BCUT2D eigenvalue weighted by atomic mass is 10.1. The smallest absolute Gasteiger partial charge is 0.358 e. The number of nitrogens with zero attached hydrogens (tertiary/aromatic N) is 3. The van der Waals surface area contributed by atoms with E-state index in [4.69, 9.17) is 14.2 Å². The first-order valence-electron chi connectivity index (χ1n) is 10.2. The molecule has 33 heavy (non-hydrogen) atoms. The number of fused-ring (bicyclic) bond motifs is 3. The molecule has 5 aromatic rings. The molecule has 0 saturated carbocycles. The Morgan fingerprint density at radius 2 is 1.73 bits per heavy atom. The highest BCUT2D eigenvalue weighted by Crippen LogP contribution is 2.39. The lowest BCUT2D eigenvalue weighted by Crippen LogP contribution is -2.11. The molecule has 2 heterocycles. The van der Waals surface area contributed by atoms with Gasteiger partial charge in [-0.05, 0) is 35.9 Å². The van der Waals surface area contributed by atoms with Gasteiger partial charge in [-0.25, -0.2) is 14.3 Å². The van der Waals surface area contributed by atoms with Gasteiger partial charge in [-0.15, -0.1) is 0 Å². The van der Waals surface area contributed by atoms with Gasteiger partial charge in [0.05, 0.1) is 12.5 Å². The van der Waals surface area contributed by atoms with Crippen molar-refractivity contribution in [1.29, 1.82) is 0 Å². The molecular formula is C25H19N3O5.